The summed E-state index contributed by atoms with van der Waals surface area (Å²) in [7, 11) is 0. The van der Waals surface area contributed by atoms with Gasteiger partial charge in [-0.1, -0.05) is 6.07 Å². The van der Waals surface area contributed by atoms with Gasteiger partial charge in [0.2, 0.25) is 5.91 Å². The summed E-state index contributed by atoms with van der Waals surface area (Å²) >= 11 is 0. The van der Waals surface area contributed by atoms with Crippen LogP contribution in [0.1, 0.15) is 62.6 Å². The van der Waals surface area contributed by atoms with Crippen molar-refractivity contribution in [2.75, 3.05) is 39.3 Å². The Balaban J connectivity index is 1.05. The summed E-state index contributed by atoms with van der Waals surface area (Å²) in [5.41, 5.74) is 5.33. The number of pyridine rings is 1. The Morgan fingerprint density at radius 1 is 1.05 bits per heavy atom. The number of hydrogen-bond acceptors (Lipinski definition) is 6. The Labute approximate surface area is 221 Å². The summed E-state index contributed by atoms with van der Waals surface area (Å²) in [5.74, 6) is 0.735. The highest BCUT2D eigenvalue weighted by atomic mass is 19.4. The third-order valence-electron chi connectivity index (χ3n) is 8.86. The highest BCUT2D eigenvalue weighted by Gasteiger charge is 2.47. The highest BCUT2D eigenvalue weighted by molar-refractivity contribution is 5.79. The maximum absolute atomic E-state index is 12.9. The monoisotopic (exact) mass is 537 g/mol. The minimum Gasteiger partial charge on any atom is -0.441 e. The molecule has 0 bridgehead atoms. The van der Waals surface area contributed by atoms with E-state index in [1.165, 1.54) is 12.3 Å². The average molecular weight is 538 g/mol. The summed E-state index contributed by atoms with van der Waals surface area (Å²) < 4.78 is 44.2. The van der Waals surface area contributed by atoms with Crippen LogP contribution in [0.2, 0.25) is 0 Å². The molecule has 210 valence electrons. The Morgan fingerprint density at radius 2 is 1.74 bits per heavy atom. The Hall–Kier alpha value is -2.40. The van der Waals surface area contributed by atoms with E-state index in [4.69, 9.17) is 10.5 Å². The highest BCUT2D eigenvalue weighted by Crippen LogP contribution is 2.37. The average Bonchev–Trinajstić information content (AvgIpc) is 3.20. The molecule has 3 saturated heterocycles. The van der Waals surface area contributed by atoms with Crippen molar-refractivity contribution in [3.63, 3.8) is 0 Å². The Kier molecular flexibility index (Phi) is 7.86. The zero-order chi connectivity index (χ0) is 26.9. The number of alkyl halides is 3. The lowest BCUT2D eigenvalue weighted by Gasteiger charge is -2.38. The number of carbonyl (C=O) groups is 2. The van der Waals surface area contributed by atoms with Crippen LogP contribution in [0.25, 0.3) is 0 Å². The normalized spacial score (nSPS) is 27.1. The number of piperidine rings is 2. The summed E-state index contributed by atoms with van der Waals surface area (Å²) in [5, 5.41) is 0. The van der Waals surface area contributed by atoms with Gasteiger partial charge in [-0.25, -0.2) is 4.79 Å². The van der Waals surface area contributed by atoms with E-state index < -0.39 is 17.5 Å². The van der Waals surface area contributed by atoms with Gasteiger partial charge in [0.25, 0.3) is 0 Å². The number of hydrogen-bond donors (Lipinski definition) is 1. The SMILES string of the molecule is NC1CCN(C(=O)C2CCC(CN3CC4(CCN(Cc5ccc(C(F)(F)F)nc5)CC4)OC3=O)CC2)CC1. The second-order valence-electron chi connectivity index (χ2n) is 11.6. The molecule has 1 spiro atoms. The van der Waals surface area contributed by atoms with E-state index >= 15 is 0 Å². The van der Waals surface area contributed by atoms with Gasteiger partial charge in [0.1, 0.15) is 11.3 Å². The molecule has 38 heavy (non-hydrogen) atoms. The number of nitrogens with two attached hydrogens (primary N) is 1. The molecule has 2 amide bonds. The number of aromatic nitrogens is 1. The number of nitrogens with zero attached hydrogens (tertiary/aromatic N) is 4. The maximum atomic E-state index is 12.9. The third kappa shape index (κ3) is 6.25. The molecule has 4 aliphatic rings. The van der Waals surface area contributed by atoms with Crippen molar-refractivity contribution in [3.8, 4) is 0 Å². The Bertz CT molecular complexity index is 981. The van der Waals surface area contributed by atoms with E-state index in [-0.39, 0.29) is 24.0 Å². The first-order valence-corrected chi connectivity index (χ1v) is 13.9. The lowest BCUT2D eigenvalue weighted by molar-refractivity contribution is -0.141. The summed E-state index contributed by atoms with van der Waals surface area (Å²) in [6.45, 7) is 4.70. The van der Waals surface area contributed by atoms with Gasteiger partial charge < -0.3 is 20.3 Å². The minimum atomic E-state index is -4.44. The molecule has 1 saturated carbocycles. The predicted molar refractivity (Wildman–Crippen MR) is 134 cm³/mol. The molecule has 8 nitrogen and oxygen atoms in total. The van der Waals surface area contributed by atoms with Crippen LogP contribution in [0.15, 0.2) is 18.3 Å². The van der Waals surface area contributed by atoms with Crippen LogP contribution in [-0.4, -0.2) is 82.6 Å². The van der Waals surface area contributed by atoms with Crippen molar-refractivity contribution in [1.29, 1.82) is 0 Å². The summed E-state index contributed by atoms with van der Waals surface area (Å²) in [4.78, 5) is 35.2. The van der Waals surface area contributed by atoms with Crippen molar-refractivity contribution >= 4 is 12.0 Å². The van der Waals surface area contributed by atoms with E-state index in [1.54, 1.807) is 0 Å². The maximum Gasteiger partial charge on any atom is 0.433 e. The van der Waals surface area contributed by atoms with E-state index in [0.29, 0.717) is 51.5 Å². The Morgan fingerprint density at radius 3 is 2.34 bits per heavy atom. The fraction of sp³-hybridized carbons (Fsp3) is 0.741. The van der Waals surface area contributed by atoms with Gasteiger partial charge in [-0.2, -0.15) is 13.2 Å². The fourth-order valence-electron chi connectivity index (χ4n) is 6.44. The van der Waals surface area contributed by atoms with Crippen LogP contribution >= 0.6 is 0 Å². The van der Waals surface area contributed by atoms with Crippen LogP contribution in [0.5, 0.6) is 0 Å². The molecule has 5 rings (SSSR count). The zero-order valence-corrected chi connectivity index (χ0v) is 21.8. The second kappa shape index (κ2) is 11.0. The van der Waals surface area contributed by atoms with Gasteiger partial charge >= 0.3 is 12.3 Å². The van der Waals surface area contributed by atoms with Crippen molar-refractivity contribution < 1.29 is 27.5 Å². The zero-order valence-electron chi connectivity index (χ0n) is 21.8. The van der Waals surface area contributed by atoms with Gasteiger partial charge in [0.05, 0.1) is 6.54 Å². The largest absolute Gasteiger partial charge is 0.441 e. The van der Waals surface area contributed by atoms with Crippen molar-refractivity contribution in [3.05, 3.63) is 29.6 Å². The molecular weight excluding hydrogens is 499 g/mol. The number of rotatable bonds is 5. The predicted octanol–water partition coefficient (Wildman–Crippen LogP) is 3.64. The number of likely N-dealkylation sites (tertiary alicyclic amines) is 2. The molecule has 0 aromatic carbocycles. The van der Waals surface area contributed by atoms with Gasteiger partial charge in [0, 0.05) is 70.3 Å². The lowest BCUT2D eigenvalue weighted by atomic mass is 9.80. The van der Waals surface area contributed by atoms with E-state index in [0.717, 1.165) is 63.2 Å². The first kappa shape index (κ1) is 27.2. The van der Waals surface area contributed by atoms with Crippen LogP contribution in [0.3, 0.4) is 0 Å². The van der Waals surface area contributed by atoms with Gasteiger partial charge in [-0.15, -0.1) is 0 Å². The second-order valence-corrected chi connectivity index (χ2v) is 11.6. The first-order chi connectivity index (χ1) is 18.1. The molecule has 2 N–H and O–H groups in total. The molecular formula is C27H38F3N5O3. The van der Waals surface area contributed by atoms with Crippen molar-refractivity contribution in [2.24, 2.45) is 17.6 Å². The summed E-state index contributed by atoms with van der Waals surface area (Å²) in [6, 6.07) is 2.70. The molecule has 3 aliphatic heterocycles. The van der Waals surface area contributed by atoms with E-state index in [2.05, 4.69) is 9.88 Å². The number of carbonyl (C=O) groups excluding carboxylic acids is 2. The van der Waals surface area contributed by atoms with E-state index in [9.17, 15) is 22.8 Å². The summed E-state index contributed by atoms with van der Waals surface area (Å²) in [6.07, 6.45) is 3.37. The molecule has 1 aromatic rings. The quantitative estimate of drug-likeness (QED) is 0.617. The van der Waals surface area contributed by atoms with Crippen LogP contribution in [-0.2, 0) is 22.3 Å². The van der Waals surface area contributed by atoms with Crippen LogP contribution < -0.4 is 5.73 Å². The molecule has 0 unspecified atom stereocenters. The van der Waals surface area contributed by atoms with Gasteiger partial charge in [-0.05, 0) is 56.1 Å². The molecule has 1 aliphatic carbocycles. The van der Waals surface area contributed by atoms with E-state index in [1.807, 2.05) is 9.80 Å². The standard InChI is InChI=1S/C27H38F3N5O3/c28-27(29,30)23-6-3-20(15-32-23)16-33-13-9-26(10-14-33)18-35(25(37)38-26)17-19-1-4-21(5-2-19)24(36)34-11-7-22(31)8-12-34/h3,6,15,19,21-22H,1-2,4-5,7-14,16-18,31H2. The minimum absolute atomic E-state index is 0.0849. The number of ether oxygens (including phenoxy) is 1. The number of amides is 2. The van der Waals surface area contributed by atoms with Gasteiger partial charge in [-0.3, -0.25) is 14.7 Å². The third-order valence-corrected chi connectivity index (χ3v) is 8.86. The molecule has 0 atom stereocenters. The molecule has 1 aromatic heterocycles. The van der Waals surface area contributed by atoms with Crippen molar-refractivity contribution in [1.82, 2.24) is 19.7 Å². The molecule has 0 radical (unpaired) electrons. The fourth-order valence-corrected chi connectivity index (χ4v) is 6.44. The van der Waals surface area contributed by atoms with Crippen LogP contribution in [0, 0.1) is 11.8 Å². The number of halogens is 3. The molecule has 11 heteroatoms. The van der Waals surface area contributed by atoms with Crippen molar-refractivity contribution in [2.45, 2.75) is 75.7 Å². The van der Waals surface area contributed by atoms with Gasteiger partial charge in [0.15, 0.2) is 0 Å². The smallest absolute Gasteiger partial charge is 0.433 e. The molecule has 4 heterocycles. The van der Waals surface area contributed by atoms with Crippen LogP contribution in [0.4, 0.5) is 18.0 Å². The lowest BCUT2D eigenvalue weighted by Crippen LogP contribution is -2.47. The topological polar surface area (TPSA) is 92.0 Å². The first-order valence-electron chi connectivity index (χ1n) is 13.9. The molecule has 4 fully saturated rings.